The number of hydrogen-bond acceptors (Lipinski definition) is 4. The highest BCUT2D eigenvalue weighted by molar-refractivity contribution is 7.88. The highest BCUT2D eigenvalue weighted by Gasteiger charge is 2.13. The topological polar surface area (TPSA) is 49.9 Å². The van der Waals surface area contributed by atoms with Gasteiger partial charge in [0.1, 0.15) is 0 Å². The Hall–Kier alpha value is -1.11. The van der Waals surface area contributed by atoms with Gasteiger partial charge in [-0.2, -0.15) is 0 Å². The van der Waals surface area contributed by atoms with Gasteiger partial charge in [0.15, 0.2) is 0 Å². The van der Waals surface area contributed by atoms with Crippen molar-refractivity contribution in [2.24, 2.45) is 0 Å². The van der Waals surface area contributed by atoms with Gasteiger partial charge < -0.3 is 9.64 Å². The molecule has 0 aromatic heterocycles. The molecule has 1 heterocycles. The molecule has 106 valence electrons. The molecule has 2 rings (SSSR count). The predicted molar refractivity (Wildman–Crippen MR) is 75.8 cm³/mol. The molecule has 0 N–H and O–H groups in total. The van der Waals surface area contributed by atoms with Crippen LogP contribution in [0, 0.1) is 0 Å². The summed E-state index contributed by atoms with van der Waals surface area (Å²) in [5, 5.41) is 0. The van der Waals surface area contributed by atoms with E-state index in [1.54, 1.807) is 7.05 Å². The maximum atomic E-state index is 11.4. The largest absolute Gasteiger partial charge is 0.378 e. The Bertz CT molecular complexity index is 507. The number of nitrogens with zero attached hydrogens (tertiary/aromatic N) is 2. The summed E-state index contributed by atoms with van der Waals surface area (Å²) in [7, 11) is -1.54. The van der Waals surface area contributed by atoms with Gasteiger partial charge >= 0.3 is 0 Å². The van der Waals surface area contributed by atoms with E-state index in [0.717, 1.165) is 37.6 Å². The van der Waals surface area contributed by atoms with Crippen molar-refractivity contribution in [2.75, 3.05) is 44.5 Å². The van der Waals surface area contributed by atoms with Gasteiger partial charge in [-0.1, -0.05) is 12.1 Å². The van der Waals surface area contributed by atoms with E-state index in [1.807, 2.05) is 24.3 Å². The summed E-state index contributed by atoms with van der Waals surface area (Å²) in [6.45, 7) is 3.74. The first kappa shape index (κ1) is 14.3. The Kier molecular flexibility index (Phi) is 4.44. The Morgan fingerprint density at radius 2 is 1.79 bits per heavy atom. The Morgan fingerprint density at radius 3 is 2.32 bits per heavy atom. The zero-order valence-corrected chi connectivity index (χ0v) is 12.2. The summed E-state index contributed by atoms with van der Waals surface area (Å²) >= 11 is 0. The third kappa shape index (κ3) is 3.92. The molecule has 1 aliphatic heterocycles. The normalized spacial score (nSPS) is 16.9. The molecule has 19 heavy (non-hydrogen) atoms. The molecule has 0 amide bonds. The fraction of sp³-hybridized carbons (Fsp3) is 0.538. The third-order valence-electron chi connectivity index (χ3n) is 3.28. The van der Waals surface area contributed by atoms with Crippen LogP contribution in [-0.4, -0.2) is 52.3 Å². The molecule has 1 saturated heterocycles. The molecule has 1 aromatic rings. The number of benzene rings is 1. The summed E-state index contributed by atoms with van der Waals surface area (Å²) in [6.07, 6.45) is 1.22. The standard InChI is InChI=1S/C13H20N2O3S/c1-14(19(2,16)17)11-12-3-5-13(6-4-12)15-7-9-18-10-8-15/h3-6H,7-11H2,1-2H3. The van der Waals surface area contributed by atoms with Crippen LogP contribution in [0.4, 0.5) is 5.69 Å². The van der Waals surface area contributed by atoms with Gasteiger partial charge in [-0.3, -0.25) is 0 Å². The number of anilines is 1. The summed E-state index contributed by atoms with van der Waals surface area (Å²) in [5.41, 5.74) is 2.15. The minimum absolute atomic E-state index is 0.405. The van der Waals surface area contributed by atoms with E-state index in [9.17, 15) is 8.42 Å². The van der Waals surface area contributed by atoms with E-state index in [0.29, 0.717) is 6.54 Å². The smallest absolute Gasteiger partial charge is 0.211 e. The first-order valence-corrected chi connectivity index (χ1v) is 8.14. The van der Waals surface area contributed by atoms with E-state index in [2.05, 4.69) is 4.90 Å². The minimum Gasteiger partial charge on any atom is -0.378 e. The summed E-state index contributed by atoms with van der Waals surface area (Å²) in [6, 6.07) is 8.03. The molecular formula is C13H20N2O3S. The van der Waals surface area contributed by atoms with Crippen molar-refractivity contribution in [3.63, 3.8) is 0 Å². The SMILES string of the molecule is CN(Cc1ccc(N2CCOCC2)cc1)S(C)(=O)=O. The van der Waals surface area contributed by atoms with Gasteiger partial charge in [0, 0.05) is 32.4 Å². The van der Waals surface area contributed by atoms with E-state index in [1.165, 1.54) is 10.6 Å². The number of ether oxygens (including phenoxy) is 1. The van der Waals surface area contributed by atoms with Crippen LogP contribution < -0.4 is 4.90 Å². The fourth-order valence-electron chi connectivity index (χ4n) is 2.01. The molecule has 0 unspecified atom stereocenters. The van der Waals surface area contributed by atoms with Crippen LogP contribution in [0.3, 0.4) is 0 Å². The number of morpholine rings is 1. The van der Waals surface area contributed by atoms with Crippen LogP contribution >= 0.6 is 0 Å². The van der Waals surface area contributed by atoms with Crippen molar-refractivity contribution in [1.82, 2.24) is 4.31 Å². The second kappa shape index (κ2) is 5.90. The van der Waals surface area contributed by atoms with E-state index >= 15 is 0 Å². The van der Waals surface area contributed by atoms with Crippen LogP contribution in [-0.2, 0) is 21.3 Å². The van der Waals surface area contributed by atoms with Crippen molar-refractivity contribution >= 4 is 15.7 Å². The Balaban J connectivity index is 2.02. The summed E-state index contributed by atoms with van der Waals surface area (Å²) in [5.74, 6) is 0. The van der Waals surface area contributed by atoms with Gasteiger partial charge in [0.2, 0.25) is 10.0 Å². The van der Waals surface area contributed by atoms with Crippen molar-refractivity contribution in [3.8, 4) is 0 Å². The lowest BCUT2D eigenvalue weighted by atomic mass is 10.2. The first-order valence-electron chi connectivity index (χ1n) is 6.30. The summed E-state index contributed by atoms with van der Waals surface area (Å²) in [4.78, 5) is 2.27. The molecule has 0 spiro atoms. The number of rotatable bonds is 4. The van der Waals surface area contributed by atoms with Crippen LogP contribution in [0.1, 0.15) is 5.56 Å². The van der Waals surface area contributed by atoms with E-state index in [-0.39, 0.29) is 0 Å². The van der Waals surface area contributed by atoms with Gasteiger partial charge in [0.25, 0.3) is 0 Å². The average Bonchev–Trinajstić information content (AvgIpc) is 2.39. The maximum Gasteiger partial charge on any atom is 0.211 e. The molecule has 1 aromatic carbocycles. The quantitative estimate of drug-likeness (QED) is 0.825. The second-order valence-electron chi connectivity index (χ2n) is 4.78. The lowest BCUT2D eigenvalue weighted by Crippen LogP contribution is -2.36. The van der Waals surface area contributed by atoms with Crippen molar-refractivity contribution in [2.45, 2.75) is 6.54 Å². The Labute approximate surface area is 114 Å². The molecule has 1 aliphatic rings. The summed E-state index contributed by atoms with van der Waals surface area (Å²) < 4.78 is 29.4. The molecule has 0 atom stereocenters. The van der Waals surface area contributed by atoms with Crippen molar-refractivity contribution in [1.29, 1.82) is 0 Å². The van der Waals surface area contributed by atoms with E-state index in [4.69, 9.17) is 4.74 Å². The van der Waals surface area contributed by atoms with Crippen molar-refractivity contribution in [3.05, 3.63) is 29.8 Å². The maximum absolute atomic E-state index is 11.4. The van der Waals surface area contributed by atoms with E-state index < -0.39 is 10.0 Å². The molecule has 0 radical (unpaired) electrons. The van der Waals surface area contributed by atoms with Gasteiger partial charge in [-0.15, -0.1) is 0 Å². The average molecular weight is 284 g/mol. The molecule has 0 saturated carbocycles. The molecule has 1 fully saturated rings. The van der Waals surface area contributed by atoms with Crippen LogP contribution in [0.2, 0.25) is 0 Å². The van der Waals surface area contributed by atoms with Crippen molar-refractivity contribution < 1.29 is 13.2 Å². The Morgan fingerprint density at radius 1 is 1.21 bits per heavy atom. The molecule has 0 bridgehead atoms. The van der Waals surface area contributed by atoms with Crippen LogP contribution in [0.15, 0.2) is 24.3 Å². The van der Waals surface area contributed by atoms with Gasteiger partial charge in [-0.05, 0) is 17.7 Å². The molecular weight excluding hydrogens is 264 g/mol. The lowest BCUT2D eigenvalue weighted by Gasteiger charge is -2.29. The first-order chi connectivity index (χ1) is 8.97. The zero-order chi connectivity index (χ0) is 13.9. The monoisotopic (exact) mass is 284 g/mol. The molecule has 0 aliphatic carbocycles. The number of hydrogen-bond donors (Lipinski definition) is 0. The number of sulfonamides is 1. The highest BCUT2D eigenvalue weighted by atomic mass is 32.2. The molecule has 5 nitrogen and oxygen atoms in total. The third-order valence-corrected chi connectivity index (χ3v) is 4.55. The lowest BCUT2D eigenvalue weighted by molar-refractivity contribution is 0.122. The van der Waals surface area contributed by atoms with Crippen LogP contribution in [0.5, 0.6) is 0 Å². The predicted octanol–water partition coefficient (Wildman–Crippen LogP) is 0.915. The molecule has 6 heteroatoms. The van der Waals surface area contributed by atoms with Crippen LogP contribution in [0.25, 0.3) is 0 Å². The zero-order valence-electron chi connectivity index (χ0n) is 11.4. The second-order valence-corrected chi connectivity index (χ2v) is 6.87. The van der Waals surface area contributed by atoms with Gasteiger partial charge in [-0.25, -0.2) is 12.7 Å². The highest BCUT2D eigenvalue weighted by Crippen LogP contribution is 2.17. The van der Waals surface area contributed by atoms with Gasteiger partial charge in [0.05, 0.1) is 19.5 Å². The fourth-order valence-corrected chi connectivity index (χ4v) is 2.39. The minimum atomic E-state index is -3.13.